The molecule has 21 heavy (non-hydrogen) atoms. The molecule has 0 aromatic carbocycles. The van der Waals surface area contributed by atoms with Crippen molar-refractivity contribution in [1.82, 2.24) is 25.1 Å². The largest absolute Gasteiger partial charge is 0.364 e. The first-order chi connectivity index (χ1) is 10.3. The van der Waals surface area contributed by atoms with Gasteiger partial charge in [-0.15, -0.1) is 5.10 Å². The molecule has 7 heteroatoms. The molecule has 1 fully saturated rings. The van der Waals surface area contributed by atoms with Crippen LogP contribution in [0.5, 0.6) is 0 Å². The van der Waals surface area contributed by atoms with Crippen LogP contribution in [-0.2, 0) is 0 Å². The summed E-state index contributed by atoms with van der Waals surface area (Å²) in [5.74, 6) is 0.841. The standard InChI is InChI=1S/C14H22N6O/c1-2-3-9-19(10-11-5-4-8-15-11)13-7-6-12-16-17-14(21)20(12)18-13/h6-7,11,15H,2-5,8-10H2,1H3,(H,17,21). The fourth-order valence-corrected chi connectivity index (χ4v) is 2.79. The molecule has 0 saturated carbocycles. The Labute approximate surface area is 123 Å². The maximum absolute atomic E-state index is 11.7. The SMILES string of the molecule is CCCCN(CC1CCCN1)c1ccc2n[nH]c(=O)n2n1. The topological polar surface area (TPSA) is 78.3 Å². The summed E-state index contributed by atoms with van der Waals surface area (Å²) in [5, 5.41) is 14.3. The number of aromatic nitrogens is 4. The van der Waals surface area contributed by atoms with E-state index in [-0.39, 0.29) is 5.69 Å². The summed E-state index contributed by atoms with van der Waals surface area (Å²) < 4.78 is 1.33. The molecule has 2 aromatic rings. The highest BCUT2D eigenvalue weighted by Crippen LogP contribution is 2.15. The Morgan fingerprint density at radius 2 is 2.38 bits per heavy atom. The molecule has 3 heterocycles. The maximum atomic E-state index is 11.7. The lowest BCUT2D eigenvalue weighted by Gasteiger charge is -2.26. The van der Waals surface area contributed by atoms with E-state index in [2.05, 4.69) is 32.4 Å². The zero-order chi connectivity index (χ0) is 14.7. The molecule has 0 aliphatic carbocycles. The van der Waals surface area contributed by atoms with Gasteiger partial charge in [0.25, 0.3) is 0 Å². The van der Waals surface area contributed by atoms with Crippen LogP contribution >= 0.6 is 0 Å². The zero-order valence-corrected chi connectivity index (χ0v) is 12.4. The Morgan fingerprint density at radius 1 is 1.48 bits per heavy atom. The van der Waals surface area contributed by atoms with E-state index in [1.165, 1.54) is 17.4 Å². The number of nitrogens with one attached hydrogen (secondary N) is 2. The number of unbranched alkanes of at least 4 members (excludes halogenated alkanes) is 1. The van der Waals surface area contributed by atoms with E-state index < -0.39 is 0 Å². The Morgan fingerprint density at radius 3 is 3.14 bits per heavy atom. The Kier molecular flexibility index (Phi) is 4.19. The smallest absolute Gasteiger partial charge is 0.354 e. The van der Waals surface area contributed by atoms with Crippen LogP contribution in [0.4, 0.5) is 5.82 Å². The van der Waals surface area contributed by atoms with Gasteiger partial charge in [0.15, 0.2) is 5.65 Å². The molecule has 0 radical (unpaired) electrons. The maximum Gasteiger partial charge on any atom is 0.364 e. The van der Waals surface area contributed by atoms with Gasteiger partial charge in [0.1, 0.15) is 5.82 Å². The minimum absolute atomic E-state index is 0.290. The normalized spacial score (nSPS) is 18.4. The lowest BCUT2D eigenvalue weighted by Crippen LogP contribution is -2.39. The minimum Gasteiger partial charge on any atom is -0.354 e. The van der Waals surface area contributed by atoms with E-state index in [1.807, 2.05) is 12.1 Å². The van der Waals surface area contributed by atoms with Gasteiger partial charge < -0.3 is 10.2 Å². The van der Waals surface area contributed by atoms with Crippen LogP contribution in [0.2, 0.25) is 0 Å². The number of rotatable bonds is 6. The number of H-pyrrole nitrogens is 1. The van der Waals surface area contributed by atoms with Crippen molar-refractivity contribution < 1.29 is 0 Å². The number of fused-ring (bicyclic) bond motifs is 1. The van der Waals surface area contributed by atoms with E-state index in [1.54, 1.807) is 0 Å². The molecular weight excluding hydrogens is 268 g/mol. The number of anilines is 1. The highest BCUT2D eigenvalue weighted by atomic mass is 16.2. The molecule has 0 bridgehead atoms. The molecule has 114 valence electrons. The van der Waals surface area contributed by atoms with Gasteiger partial charge in [-0.3, -0.25) is 0 Å². The third-order valence-corrected chi connectivity index (χ3v) is 3.97. The van der Waals surface area contributed by atoms with Gasteiger partial charge in [0.2, 0.25) is 0 Å². The van der Waals surface area contributed by atoms with Crippen LogP contribution in [0.3, 0.4) is 0 Å². The Hall–Kier alpha value is -1.89. The van der Waals surface area contributed by atoms with Gasteiger partial charge in [0.05, 0.1) is 0 Å². The summed E-state index contributed by atoms with van der Waals surface area (Å²) in [7, 11) is 0. The van der Waals surface area contributed by atoms with Gasteiger partial charge >= 0.3 is 5.69 Å². The van der Waals surface area contributed by atoms with Gasteiger partial charge in [-0.2, -0.15) is 9.61 Å². The van der Waals surface area contributed by atoms with Gasteiger partial charge in [-0.25, -0.2) is 9.89 Å². The molecule has 3 rings (SSSR count). The van der Waals surface area contributed by atoms with Crippen LogP contribution in [0.15, 0.2) is 16.9 Å². The molecule has 1 atom stereocenters. The van der Waals surface area contributed by atoms with Crippen LogP contribution < -0.4 is 15.9 Å². The second-order valence-electron chi connectivity index (χ2n) is 5.58. The van der Waals surface area contributed by atoms with Crippen molar-refractivity contribution in [3.8, 4) is 0 Å². The first-order valence-corrected chi connectivity index (χ1v) is 7.70. The van der Waals surface area contributed by atoms with Crippen LogP contribution in [0, 0.1) is 0 Å². The zero-order valence-electron chi connectivity index (χ0n) is 12.4. The molecule has 0 amide bonds. The van der Waals surface area contributed by atoms with Crippen LogP contribution in [0.1, 0.15) is 32.6 Å². The third-order valence-electron chi connectivity index (χ3n) is 3.97. The summed E-state index contributed by atoms with van der Waals surface area (Å²) >= 11 is 0. The average molecular weight is 290 g/mol. The van der Waals surface area contributed by atoms with Crippen molar-refractivity contribution >= 4 is 11.5 Å². The quantitative estimate of drug-likeness (QED) is 0.822. The number of nitrogens with zero attached hydrogens (tertiary/aromatic N) is 4. The van der Waals surface area contributed by atoms with E-state index in [4.69, 9.17) is 0 Å². The molecule has 1 saturated heterocycles. The fraction of sp³-hybridized carbons (Fsp3) is 0.643. The summed E-state index contributed by atoms with van der Waals surface area (Å²) in [4.78, 5) is 13.9. The first-order valence-electron chi connectivity index (χ1n) is 7.70. The second-order valence-corrected chi connectivity index (χ2v) is 5.58. The van der Waals surface area contributed by atoms with Crippen molar-refractivity contribution in [2.24, 2.45) is 0 Å². The molecule has 7 nitrogen and oxygen atoms in total. The fourth-order valence-electron chi connectivity index (χ4n) is 2.79. The number of hydrogen-bond donors (Lipinski definition) is 2. The summed E-state index contributed by atoms with van der Waals surface area (Å²) in [5.41, 5.74) is 0.263. The van der Waals surface area contributed by atoms with E-state index in [0.29, 0.717) is 11.7 Å². The van der Waals surface area contributed by atoms with Crippen LogP contribution in [0.25, 0.3) is 5.65 Å². The molecule has 2 aromatic heterocycles. The van der Waals surface area contributed by atoms with Crippen molar-refractivity contribution in [2.45, 2.75) is 38.6 Å². The first kappa shape index (κ1) is 14.1. The van der Waals surface area contributed by atoms with Crippen molar-refractivity contribution in [2.75, 3.05) is 24.5 Å². The highest BCUT2D eigenvalue weighted by Gasteiger charge is 2.19. The van der Waals surface area contributed by atoms with Gasteiger partial charge in [-0.1, -0.05) is 13.3 Å². The summed E-state index contributed by atoms with van der Waals surface area (Å²) in [6.45, 7) is 5.17. The highest BCUT2D eigenvalue weighted by molar-refractivity contribution is 5.45. The van der Waals surface area contributed by atoms with E-state index in [9.17, 15) is 4.79 Å². The second kappa shape index (κ2) is 6.26. The van der Waals surface area contributed by atoms with Crippen molar-refractivity contribution in [3.05, 3.63) is 22.6 Å². The van der Waals surface area contributed by atoms with Gasteiger partial charge in [-0.05, 0) is 37.9 Å². The number of aromatic amines is 1. The molecular formula is C14H22N6O. The minimum atomic E-state index is -0.290. The summed E-state index contributed by atoms with van der Waals surface area (Å²) in [6.07, 6.45) is 4.70. The lowest BCUT2D eigenvalue weighted by molar-refractivity contribution is 0.566. The molecule has 0 spiro atoms. The predicted octanol–water partition coefficient (Wildman–Crippen LogP) is 0.776. The van der Waals surface area contributed by atoms with E-state index >= 15 is 0 Å². The monoisotopic (exact) mass is 290 g/mol. The molecule has 1 aliphatic rings. The lowest BCUT2D eigenvalue weighted by atomic mass is 10.2. The summed E-state index contributed by atoms with van der Waals surface area (Å²) in [6, 6.07) is 4.29. The Bertz CT molecular complexity index is 642. The molecule has 1 aliphatic heterocycles. The van der Waals surface area contributed by atoms with Crippen molar-refractivity contribution in [3.63, 3.8) is 0 Å². The van der Waals surface area contributed by atoms with Crippen molar-refractivity contribution in [1.29, 1.82) is 0 Å². The third kappa shape index (κ3) is 3.07. The predicted molar refractivity (Wildman–Crippen MR) is 81.8 cm³/mol. The number of hydrogen-bond acceptors (Lipinski definition) is 5. The van der Waals surface area contributed by atoms with Crippen LogP contribution in [-0.4, -0.2) is 45.5 Å². The van der Waals surface area contributed by atoms with E-state index in [0.717, 1.165) is 38.3 Å². The molecule has 1 unspecified atom stereocenters. The average Bonchev–Trinajstić information content (AvgIpc) is 3.13. The van der Waals surface area contributed by atoms with Gasteiger partial charge in [0, 0.05) is 19.1 Å². The molecule has 2 N–H and O–H groups in total. The Balaban J connectivity index is 1.84.